The lowest BCUT2D eigenvalue weighted by Crippen LogP contribution is -2.32. The standard InChI is InChI=1S/C18H27NO2/c1-19(11-16-10-13-3-4-15(16)9-13)12-18(20)14-5-7-17(21-2)8-6-14/h5-8,13,15-16,18,20H,3-4,9-12H2,1-2H3. The van der Waals surface area contributed by atoms with Gasteiger partial charge in [-0.3, -0.25) is 0 Å². The van der Waals surface area contributed by atoms with Gasteiger partial charge in [0.05, 0.1) is 13.2 Å². The number of likely N-dealkylation sites (N-methyl/N-ethyl adjacent to an activating group) is 1. The van der Waals surface area contributed by atoms with Crippen LogP contribution in [0.3, 0.4) is 0 Å². The van der Waals surface area contributed by atoms with Gasteiger partial charge in [0.2, 0.25) is 0 Å². The summed E-state index contributed by atoms with van der Waals surface area (Å²) in [5, 5.41) is 10.4. The van der Waals surface area contributed by atoms with Crippen LogP contribution in [0.1, 0.15) is 37.4 Å². The van der Waals surface area contributed by atoms with Crippen molar-refractivity contribution in [3.63, 3.8) is 0 Å². The third kappa shape index (κ3) is 3.41. The zero-order valence-electron chi connectivity index (χ0n) is 13.2. The van der Waals surface area contributed by atoms with E-state index in [1.54, 1.807) is 7.11 Å². The average Bonchev–Trinajstić information content (AvgIpc) is 3.09. The molecule has 1 N–H and O–H groups in total. The van der Waals surface area contributed by atoms with Gasteiger partial charge in [-0.25, -0.2) is 0 Å². The fourth-order valence-corrected chi connectivity index (χ4v) is 4.30. The van der Waals surface area contributed by atoms with Crippen molar-refractivity contribution in [2.75, 3.05) is 27.2 Å². The normalized spacial score (nSPS) is 29.0. The number of ether oxygens (including phenoxy) is 1. The number of aliphatic hydroxyl groups is 1. The molecule has 3 rings (SSSR count). The molecule has 1 aromatic rings. The van der Waals surface area contributed by atoms with Gasteiger partial charge in [-0.15, -0.1) is 0 Å². The van der Waals surface area contributed by atoms with Crippen LogP contribution in [0.25, 0.3) is 0 Å². The molecule has 0 aliphatic heterocycles. The van der Waals surface area contributed by atoms with E-state index in [0.717, 1.165) is 35.6 Å². The van der Waals surface area contributed by atoms with Gasteiger partial charge in [0.1, 0.15) is 5.75 Å². The molecule has 3 heteroatoms. The first-order valence-corrected chi connectivity index (χ1v) is 8.16. The molecule has 2 saturated carbocycles. The highest BCUT2D eigenvalue weighted by Gasteiger charge is 2.39. The van der Waals surface area contributed by atoms with E-state index in [0.29, 0.717) is 6.54 Å². The summed E-state index contributed by atoms with van der Waals surface area (Å²) in [6.45, 7) is 1.84. The Labute approximate surface area is 127 Å². The molecular weight excluding hydrogens is 262 g/mol. The van der Waals surface area contributed by atoms with E-state index >= 15 is 0 Å². The summed E-state index contributed by atoms with van der Waals surface area (Å²) in [4.78, 5) is 2.31. The molecule has 0 saturated heterocycles. The van der Waals surface area contributed by atoms with Crippen molar-refractivity contribution in [3.05, 3.63) is 29.8 Å². The van der Waals surface area contributed by atoms with Crippen LogP contribution in [-0.2, 0) is 0 Å². The first-order chi connectivity index (χ1) is 10.2. The first-order valence-electron chi connectivity index (χ1n) is 8.16. The number of methoxy groups -OCH3 is 1. The molecule has 0 radical (unpaired) electrons. The molecule has 2 aliphatic carbocycles. The zero-order valence-corrected chi connectivity index (χ0v) is 13.2. The molecule has 0 spiro atoms. The second-order valence-corrected chi connectivity index (χ2v) is 6.95. The fourth-order valence-electron chi connectivity index (χ4n) is 4.30. The van der Waals surface area contributed by atoms with Crippen molar-refractivity contribution < 1.29 is 9.84 Å². The molecule has 116 valence electrons. The average molecular weight is 289 g/mol. The number of rotatable bonds is 6. The maximum absolute atomic E-state index is 10.4. The van der Waals surface area contributed by atoms with Crippen molar-refractivity contribution in [1.82, 2.24) is 4.90 Å². The van der Waals surface area contributed by atoms with E-state index in [1.165, 1.54) is 25.7 Å². The zero-order chi connectivity index (χ0) is 14.8. The van der Waals surface area contributed by atoms with Crippen LogP contribution in [-0.4, -0.2) is 37.3 Å². The number of hydrogen-bond acceptors (Lipinski definition) is 3. The fraction of sp³-hybridized carbons (Fsp3) is 0.667. The monoisotopic (exact) mass is 289 g/mol. The minimum Gasteiger partial charge on any atom is -0.497 e. The van der Waals surface area contributed by atoms with Crippen molar-refractivity contribution in [3.8, 4) is 5.75 Å². The smallest absolute Gasteiger partial charge is 0.118 e. The summed E-state index contributed by atoms with van der Waals surface area (Å²) >= 11 is 0. The van der Waals surface area contributed by atoms with Crippen LogP contribution >= 0.6 is 0 Å². The lowest BCUT2D eigenvalue weighted by Gasteiger charge is -2.28. The minimum absolute atomic E-state index is 0.417. The predicted molar refractivity (Wildman–Crippen MR) is 84.4 cm³/mol. The Kier molecular flexibility index (Phi) is 4.51. The highest BCUT2D eigenvalue weighted by molar-refractivity contribution is 5.28. The van der Waals surface area contributed by atoms with Crippen LogP contribution in [0.5, 0.6) is 5.75 Å². The van der Waals surface area contributed by atoms with Crippen molar-refractivity contribution in [2.24, 2.45) is 17.8 Å². The second-order valence-electron chi connectivity index (χ2n) is 6.95. The number of hydrogen-bond donors (Lipinski definition) is 1. The van der Waals surface area contributed by atoms with Crippen LogP contribution in [0, 0.1) is 17.8 Å². The third-order valence-corrected chi connectivity index (χ3v) is 5.42. The minimum atomic E-state index is -0.417. The van der Waals surface area contributed by atoms with Gasteiger partial charge in [0.25, 0.3) is 0 Å². The number of nitrogens with zero attached hydrogens (tertiary/aromatic N) is 1. The van der Waals surface area contributed by atoms with Gasteiger partial charge >= 0.3 is 0 Å². The summed E-state index contributed by atoms with van der Waals surface area (Å²) in [5.41, 5.74) is 0.968. The van der Waals surface area contributed by atoms with Crippen LogP contribution in [0.2, 0.25) is 0 Å². The van der Waals surface area contributed by atoms with E-state index < -0.39 is 6.10 Å². The maximum Gasteiger partial charge on any atom is 0.118 e. The summed E-state index contributed by atoms with van der Waals surface area (Å²) in [5.74, 6) is 3.65. The Hall–Kier alpha value is -1.06. The number of aliphatic hydroxyl groups excluding tert-OH is 1. The number of fused-ring (bicyclic) bond motifs is 2. The summed E-state index contributed by atoms with van der Waals surface area (Å²) < 4.78 is 5.15. The van der Waals surface area contributed by atoms with Crippen LogP contribution < -0.4 is 4.74 Å². The molecule has 4 unspecified atom stereocenters. The lowest BCUT2D eigenvalue weighted by molar-refractivity contribution is 0.110. The first kappa shape index (κ1) is 14.9. The SMILES string of the molecule is COc1ccc(C(O)CN(C)CC2CC3CCC2C3)cc1. The molecule has 2 fully saturated rings. The van der Waals surface area contributed by atoms with Crippen molar-refractivity contribution in [1.29, 1.82) is 0 Å². The van der Waals surface area contributed by atoms with Gasteiger partial charge in [-0.05, 0) is 61.8 Å². The molecule has 3 nitrogen and oxygen atoms in total. The summed E-state index contributed by atoms with van der Waals surface area (Å²) in [6.07, 6.45) is 5.34. The Morgan fingerprint density at radius 1 is 1.24 bits per heavy atom. The third-order valence-electron chi connectivity index (χ3n) is 5.42. The Morgan fingerprint density at radius 2 is 2.00 bits per heavy atom. The topological polar surface area (TPSA) is 32.7 Å². The van der Waals surface area contributed by atoms with E-state index in [2.05, 4.69) is 11.9 Å². The summed E-state index contributed by atoms with van der Waals surface area (Å²) in [6, 6.07) is 7.73. The molecule has 2 bridgehead atoms. The Bertz CT molecular complexity index is 459. The van der Waals surface area contributed by atoms with Crippen molar-refractivity contribution >= 4 is 0 Å². The van der Waals surface area contributed by atoms with Gasteiger partial charge in [0.15, 0.2) is 0 Å². The Balaban J connectivity index is 1.50. The van der Waals surface area contributed by atoms with Gasteiger partial charge in [-0.1, -0.05) is 18.6 Å². The van der Waals surface area contributed by atoms with Gasteiger partial charge in [-0.2, -0.15) is 0 Å². The van der Waals surface area contributed by atoms with E-state index in [-0.39, 0.29) is 0 Å². The largest absolute Gasteiger partial charge is 0.497 e. The summed E-state index contributed by atoms with van der Waals surface area (Å²) in [7, 11) is 3.80. The Morgan fingerprint density at radius 3 is 2.57 bits per heavy atom. The van der Waals surface area contributed by atoms with Gasteiger partial charge in [0, 0.05) is 13.1 Å². The van der Waals surface area contributed by atoms with Crippen molar-refractivity contribution in [2.45, 2.75) is 31.8 Å². The quantitative estimate of drug-likeness (QED) is 0.873. The highest BCUT2D eigenvalue weighted by atomic mass is 16.5. The van der Waals surface area contributed by atoms with Crippen LogP contribution in [0.4, 0.5) is 0 Å². The molecular formula is C18H27NO2. The highest BCUT2D eigenvalue weighted by Crippen LogP contribution is 2.48. The molecule has 0 aromatic heterocycles. The van der Waals surface area contributed by atoms with Crippen LogP contribution in [0.15, 0.2) is 24.3 Å². The lowest BCUT2D eigenvalue weighted by atomic mass is 9.88. The second kappa shape index (κ2) is 6.37. The van der Waals surface area contributed by atoms with E-state index in [4.69, 9.17) is 4.74 Å². The molecule has 1 aromatic carbocycles. The predicted octanol–water partition coefficient (Wildman–Crippen LogP) is 3.10. The molecule has 0 amide bonds. The van der Waals surface area contributed by atoms with E-state index in [9.17, 15) is 5.11 Å². The molecule has 21 heavy (non-hydrogen) atoms. The molecule has 4 atom stereocenters. The molecule has 0 heterocycles. The number of benzene rings is 1. The van der Waals surface area contributed by atoms with E-state index in [1.807, 2.05) is 24.3 Å². The molecule has 2 aliphatic rings. The maximum atomic E-state index is 10.4. The van der Waals surface area contributed by atoms with Gasteiger partial charge < -0.3 is 14.7 Å².